The first-order chi connectivity index (χ1) is 14.0. The second kappa shape index (κ2) is 7.22. The lowest BCUT2D eigenvalue weighted by atomic mass is 10.1. The van der Waals surface area contributed by atoms with Gasteiger partial charge in [0, 0.05) is 6.20 Å². The summed E-state index contributed by atoms with van der Waals surface area (Å²) in [5.74, 6) is -0.651. The fourth-order valence-corrected chi connectivity index (χ4v) is 4.33. The highest BCUT2D eigenvalue weighted by Gasteiger charge is 2.50. The van der Waals surface area contributed by atoms with Crippen LogP contribution < -0.4 is 0 Å². The Kier molecular flexibility index (Phi) is 4.67. The van der Waals surface area contributed by atoms with Crippen molar-refractivity contribution in [3.05, 3.63) is 71.3 Å². The van der Waals surface area contributed by atoms with Gasteiger partial charge >= 0.3 is 0 Å². The van der Waals surface area contributed by atoms with E-state index in [4.69, 9.17) is 25.8 Å². The SMILES string of the molecule is CC1(C)OC2C(COCc3ccccc3)=CC(n3cnc4c(Cl)nccc43)C2O1. The summed E-state index contributed by atoms with van der Waals surface area (Å²) in [7, 11) is 0. The molecule has 2 aromatic heterocycles. The molecule has 5 rings (SSSR count). The van der Waals surface area contributed by atoms with Gasteiger partial charge in [0.1, 0.15) is 17.7 Å². The van der Waals surface area contributed by atoms with Crippen molar-refractivity contribution in [2.75, 3.05) is 6.61 Å². The van der Waals surface area contributed by atoms with Crippen LogP contribution in [0.3, 0.4) is 0 Å². The monoisotopic (exact) mass is 411 g/mol. The number of aromatic nitrogens is 3. The van der Waals surface area contributed by atoms with Gasteiger partial charge in [0.25, 0.3) is 0 Å². The van der Waals surface area contributed by atoms with Crippen LogP contribution in [0.5, 0.6) is 0 Å². The molecule has 1 saturated heterocycles. The lowest BCUT2D eigenvalue weighted by Crippen LogP contribution is -2.28. The number of imidazole rings is 1. The minimum absolute atomic E-state index is 0.0550. The van der Waals surface area contributed by atoms with E-state index in [1.807, 2.05) is 38.1 Å². The van der Waals surface area contributed by atoms with Crippen molar-refractivity contribution < 1.29 is 14.2 Å². The summed E-state index contributed by atoms with van der Waals surface area (Å²) in [6.45, 7) is 4.93. The van der Waals surface area contributed by atoms with Gasteiger partial charge in [0.05, 0.1) is 31.1 Å². The van der Waals surface area contributed by atoms with E-state index in [9.17, 15) is 0 Å². The molecule has 3 unspecified atom stereocenters. The van der Waals surface area contributed by atoms with Crippen LogP contribution in [-0.4, -0.2) is 39.1 Å². The van der Waals surface area contributed by atoms with Crippen molar-refractivity contribution in [2.24, 2.45) is 0 Å². The maximum Gasteiger partial charge on any atom is 0.164 e. The van der Waals surface area contributed by atoms with Crippen LogP contribution in [0.15, 0.2) is 60.6 Å². The number of ether oxygens (including phenoxy) is 3. The van der Waals surface area contributed by atoms with E-state index >= 15 is 0 Å². The highest BCUT2D eigenvalue weighted by Crippen LogP contribution is 2.44. The van der Waals surface area contributed by atoms with Gasteiger partial charge in [-0.15, -0.1) is 0 Å². The fourth-order valence-electron chi connectivity index (χ4n) is 4.13. The fraction of sp³-hybridized carbons (Fsp3) is 0.364. The van der Waals surface area contributed by atoms with E-state index in [0.29, 0.717) is 23.9 Å². The Hall–Kier alpha value is -2.25. The lowest BCUT2D eigenvalue weighted by molar-refractivity contribution is -0.148. The molecular weight excluding hydrogens is 390 g/mol. The molecule has 0 saturated carbocycles. The summed E-state index contributed by atoms with van der Waals surface area (Å²) < 4.78 is 20.5. The standard InChI is InChI=1S/C22H22ClN3O3/c1-22(2)28-19-15(12-27-11-14-6-4-3-5-7-14)10-17(20(19)29-22)26-13-25-18-16(26)8-9-24-21(18)23/h3-10,13,17,19-20H,11-12H2,1-2H3. The molecular formula is C22H22ClN3O3. The molecule has 1 aliphatic heterocycles. The molecule has 29 heavy (non-hydrogen) atoms. The third-order valence-corrected chi connectivity index (χ3v) is 5.64. The molecule has 1 aliphatic carbocycles. The Balaban J connectivity index is 1.42. The zero-order valence-corrected chi connectivity index (χ0v) is 17.0. The Morgan fingerprint density at radius 2 is 1.93 bits per heavy atom. The summed E-state index contributed by atoms with van der Waals surface area (Å²) in [5, 5.41) is 0.398. The Labute approximate surface area is 174 Å². The average molecular weight is 412 g/mol. The molecule has 7 heteroatoms. The highest BCUT2D eigenvalue weighted by atomic mass is 35.5. The topological polar surface area (TPSA) is 58.4 Å². The first-order valence-corrected chi connectivity index (χ1v) is 10.0. The van der Waals surface area contributed by atoms with Crippen LogP contribution in [0.2, 0.25) is 5.15 Å². The lowest BCUT2D eigenvalue weighted by Gasteiger charge is -2.22. The molecule has 0 bridgehead atoms. The molecule has 1 fully saturated rings. The average Bonchev–Trinajstić information content (AvgIpc) is 3.35. The second-order valence-electron chi connectivity index (χ2n) is 7.85. The predicted octanol–water partition coefficient (Wildman–Crippen LogP) is 4.30. The van der Waals surface area contributed by atoms with Crippen molar-refractivity contribution in [3.8, 4) is 0 Å². The van der Waals surface area contributed by atoms with Crippen LogP contribution in [0.1, 0.15) is 25.5 Å². The van der Waals surface area contributed by atoms with Crippen molar-refractivity contribution in [2.45, 2.75) is 44.5 Å². The summed E-state index contributed by atoms with van der Waals surface area (Å²) in [6.07, 6.45) is 5.35. The maximum atomic E-state index is 6.26. The molecule has 150 valence electrons. The smallest absolute Gasteiger partial charge is 0.164 e. The van der Waals surface area contributed by atoms with E-state index in [1.54, 1.807) is 12.5 Å². The molecule has 6 nitrogen and oxygen atoms in total. The molecule has 0 radical (unpaired) electrons. The van der Waals surface area contributed by atoms with Crippen LogP contribution >= 0.6 is 11.6 Å². The molecule has 0 amide bonds. The zero-order chi connectivity index (χ0) is 20.0. The summed E-state index contributed by atoms with van der Waals surface area (Å²) in [4.78, 5) is 8.57. The van der Waals surface area contributed by atoms with Gasteiger partial charge in [-0.3, -0.25) is 0 Å². The Morgan fingerprint density at radius 1 is 1.10 bits per heavy atom. The summed E-state index contributed by atoms with van der Waals surface area (Å²) in [5.41, 5.74) is 3.84. The van der Waals surface area contributed by atoms with Crippen molar-refractivity contribution in [3.63, 3.8) is 0 Å². The van der Waals surface area contributed by atoms with Crippen molar-refractivity contribution in [1.82, 2.24) is 14.5 Å². The number of hydrogen-bond donors (Lipinski definition) is 0. The third kappa shape index (κ3) is 3.46. The normalized spacial score (nSPS) is 25.3. The summed E-state index contributed by atoms with van der Waals surface area (Å²) in [6, 6.07) is 12.0. The van der Waals surface area contributed by atoms with E-state index < -0.39 is 5.79 Å². The highest BCUT2D eigenvalue weighted by molar-refractivity contribution is 6.33. The first-order valence-electron chi connectivity index (χ1n) is 9.67. The number of pyridine rings is 1. The van der Waals surface area contributed by atoms with Gasteiger partial charge in [-0.25, -0.2) is 9.97 Å². The molecule has 2 aliphatic rings. The maximum absolute atomic E-state index is 6.26. The number of benzene rings is 1. The largest absolute Gasteiger partial charge is 0.372 e. The minimum Gasteiger partial charge on any atom is -0.372 e. The minimum atomic E-state index is -0.651. The molecule has 3 atom stereocenters. The van der Waals surface area contributed by atoms with Crippen LogP contribution in [0.4, 0.5) is 0 Å². The molecule has 3 heterocycles. The molecule has 0 spiro atoms. The van der Waals surface area contributed by atoms with Gasteiger partial charge in [-0.05, 0) is 31.1 Å². The number of fused-ring (bicyclic) bond motifs is 2. The summed E-state index contributed by atoms with van der Waals surface area (Å²) >= 11 is 6.21. The van der Waals surface area contributed by atoms with Crippen LogP contribution in [-0.2, 0) is 20.8 Å². The van der Waals surface area contributed by atoms with E-state index in [-0.39, 0.29) is 18.2 Å². The van der Waals surface area contributed by atoms with E-state index in [2.05, 4.69) is 32.7 Å². The van der Waals surface area contributed by atoms with Crippen molar-refractivity contribution >= 4 is 22.6 Å². The number of halogens is 1. The number of rotatable bonds is 5. The quantitative estimate of drug-likeness (QED) is 0.462. The number of nitrogens with zero attached hydrogens (tertiary/aromatic N) is 3. The van der Waals surface area contributed by atoms with Crippen LogP contribution in [0, 0.1) is 0 Å². The Morgan fingerprint density at radius 3 is 2.76 bits per heavy atom. The van der Waals surface area contributed by atoms with Gasteiger partial charge in [-0.2, -0.15) is 0 Å². The van der Waals surface area contributed by atoms with Gasteiger partial charge in [0.2, 0.25) is 0 Å². The third-order valence-electron chi connectivity index (χ3n) is 5.37. The van der Waals surface area contributed by atoms with Gasteiger partial charge in [0.15, 0.2) is 10.9 Å². The van der Waals surface area contributed by atoms with E-state index in [1.165, 1.54) is 0 Å². The van der Waals surface area contributed by atoms with E-state index in [0.717, 1.165) is 16.7 Å². The first kappa shape index (κ1) is 18.8. The molecule has 0 N–H and O–H groups in total. The zero-order valence-electron chi connectivity index (χ0n) is 16.3. The number of hydrogen-bond acceptors (Lipinski definition) is 5. The van der Waals surface area contributed by atoms with Gasteiger partial charge < -0.3 is 18.8 Å². The Bertz CT molecular complexity index is 1060. The molecule has 1 aromatic carbocycles. The van der Waals surface area contributed by atoms with Gasteiger partial charge in [-0.1, -0.05) is 48.0 Å². The predicted molar refractivity (Wildman–Crippen MR) is 110 cm³/mol. The van der Waals surface area contributed by atoms with Crippen molar-refractivity contribution in [1.29, 1.82) is 0 Å². The second-order valence-corrected chi connectivity index (χ2v) is 8.21. The molecule has 3 aromatic rings. The van der Waals surface area contributed by atoms with Crippen LogP contribution in [0.25, 0.3) is 11.0 Å².